The molecule has 0 heterocycles. The maximum atomic E-state index is 11.8. The minimum Gasteiger partial charge on any atom is -0.494 e. The van der Waals surface area contributed by atoms with E-state index in [9.17, 15) is 4.79 Å². The fraction of sp³-hybridized carbons (Fsp3) is 0.235. The molecule has 0 atom stereocenters. The normalized spacial score (nSPS) is 10.1. The second-order valence-electron chi connectivity index (χ2n) is 4.71. The molecule has 116 valence electrons. The number of rotatable bonds is 6. The van der Waals surface area contributed by atoms with Crippen LogP contribution in [0.15, 0.2) is 42.5 Å². The molecule has 0 aromatic heterocycles. The summed E-state index contributed by atoms with van der Waals surface area (Å²) in [5.41, 5.74) is 1.61. The molecule has 22 heavy (non-hydrogen) atoms. The number of anilines is 1. The number of nitrogens with one attached hydrogen (secondary N) is 1. The Balaban J connectivity index is 1.85. The molecule has 0 aliphatic carbocycles. The van der Waals surface area contributed by atoms with Gasteiger partial charge in [0, 0.05) is 10.7 Å². The average molecular weight is 320 g/mol. The van der Waals surface area contributed by atoms with Crippen LogP contribution in [0.5, 0.6) is 11.5 Å². The summed E-state index contributed by atoms with van der Waals surface area (Å²) >= 11 is 6.02. The van der Waals surface area contributed by atoms with Gasteiger partial charge in [0.2, 0.25) is 0 Å². The van der Waals surface area contributed by atoms with E-state index in [1.54, 1.807) is 36.4 Å². The Morgan fingerprint density at radius 2 is 1.73 bits per heavy atom. The summed E-state index contributed by atoms with van der Waals surface area (Å²) in [4.78, 5) is 11.8. The fourth-order valence-electron chi connectivity index (χ4n) is 1.82. The highest BCUT2D eigenvalue weighted by Crippen LogP contribution is 2.20. The molecule has 0 bridgehead atoms. The summed E-state index contributed by atoms with van der Waals surface area (Å²) in [7, 11) is 0. The molecule has 0 radical (unpaired) electrons. The molecule has 2 aromatic carbocycles. The third kappa shape index (κ3) is 4.67. The Kier molecular flexibility index (Phi) is 5.67. The van der Waals surface area contributed by atoms with Crippen LogP contribution in [-0.2, 0) is 4.79 Å². The van der Waals surface area contributed by atoms with E-state index >= 15 is 0 Å². The van der Waals surface area contributed by atoms with Crippen molar-refractivity contribution in [2.24, 2.45) is 0 Å². The number of carbonyl (C=O) groups excluding carboxylic acids is 1. The molecule has 0 saturated carbocycles. The van der Waals surface area contributed by atoms with Crippen LogP contribution in [0, 0.1) is 6.92 Å². The maximum Gasteiger partial charge on any atom is 0.262 e. The lowest BCUT2D eigenvalue weighted by atomic mass is 10.2. The van der Waals surface area contributed by atoms with E-state index in [2.05, 4.69) is 5.32 Å². The van der Waals surface area contributed by atoms with Gasteiger partial charge in [-0.25, -0.2) is 0 Å². The predicted octanol–water partition coefficient (Wildman–Crippen LogP) is 4.06. The van der Waals surface area contributed by atoms with Crippen molar-refractivity contribution in [1.82, 2.24) is 0 Å². The van der Waals surface area contributed by atoms with Crippen LogP contribution < -0.4 is 14.8 Å². The van der Waals surface area contributed by atoms with Crippen molar-refractivity contribution in [2.75, 3.05) is 18.5 Å². The molecule has 0 saturated heterocycles. The van der Waals surface area contributed by atoms with Gasteiger partial charge in [0.05, 0.1) is 6.61 Å². The van der Waals surface area contributed by atoms with Gasteiger partial charge >= 0.3 is 0 Å². The summed E-state index contributed by atoms with van der Waals surface area (Å²) < 4.78 is 10.8. The van der Waals surface area contributed by atoms with Crippen molar-refractivity contribution in [3.63, 3.8) is 0 Å². The molecule has 4 nitrogen and oxygen atoms in total. The van der Waals surface area contributed by atoms with Gasteiger partial charge in [-0.05, 0) is 55.8 Å². The Labute approximate surface area is 135 Å². The summed E-state index contributed by atoms with van der Waals surface area (Å²) in [6.45, 7) is 4.37. The highest BCUT2D eigenvalue weighted by Gasteiger charge is 2.05. The monoisotopic (exact) mass is 319 g/mol. The topological polar surface area (TPSA) is 47.6 Å². The molecule has 5 heteroatoms. The lowest BCUT2D eigenvalue weighted by Crippen LogP contribution is -2.20. The standard InChI is InChI=1S/C17H18ClNO3/c1-3-21-14-6-8-15(9-7-14)22-11-17(20)19-13-5-4-12(2)16(18)10-13/h4-10H,3,11H2,1-2H3,(H,19,20). The molecule has 0 aliphatic heterocycles. The van der Waals surface area contributed by atoms with Gasteiger partial charge < -0.3 is 14.8 Å². The van der Waals surface area contributed by atoms with Crippen LogP contribution >= 0.6 is 11.6 Å². The molecular weight excluding hydrogens is 302 g/mol. The van der Waals surface area contributed by atoms with Gasteiger partial charge in [-0.1, -0.05) is 17.7 Å². The molecule has 1 amide bonds. The lowest BCUT2D eigenvalue weighted by molar-refractivity contribution is -0.118. The fourth-order valence-corrected chi connectivity index (χ4v) is 2.00. The van der Waals surface area contributed by atoms with Crippen LogP contribution in [0.1, 0.15) is 12.5 Å². The minimum absolute atomic E-state index is 0.0700. The van der Waals surface area contributed by atoms with Crippen molar-refractivity contribution in [3.8, 4) is 11.5 Å². The summed E-state index contributed by atoms with van der Waals surface area (Å²) in [6, 6.07) is 12.5. The molecule has 0 unspecified atom stereocenters. The zero-order valence-electron chi connectivity index (χ0n) is 12.6. The Bertz CT molecular complexity index is 641. The highest BCUT2D eigenvalue weighted by atomic mass is 35.5. The van der Waals surface area contributed by atoms with Gasteiger partial charge in [-0.2, -0.15) is 0 Å². The molecule has 2 aromatic rings. The van der Waals surface area contributed by atoms with Crippen LogP contribution in [0.25, 0.3) is 0 Å². The molecule has 1 N–H and O–H groups in total. The van der Waals surface area contributed by atoms with Crippen LogP contribution in [0.2, 0.25) is 5.02 Å². The van der Waals surface area contributed by atoms with Gasteiger partial charge in [0.15, 0.2) is 6.61 Å². The first kappa shape index (κ1) is 16.2. The van der Waals surface area contributed by atoms with Crippen molar-refractivity contribution in [1.29, 1.82) is 0 Å². The number of carbonyl (C=O) groups is 1. The Morgan fingerprint density at radius 1 is 1.09 bits per heavy atom. The first-order valence-corrected chi connectivity index (χ1v) is 7.38. The SMILES string of the molecule is CCOc1ccc(OCC(=O)Nc2ccc(C)c(Cl)c2)cc1. The summed E-state index contributed by atoms with van der Waals surface area (Å²) in [5.74, 6) is 1.14. The van der Waals surface area contributed by atoms with Crippen molar-refractivity contribution in [3.05, 3.63) is 53.1 Å². The van der Waals surface area contributed by atoms with Gasteiger partial charge in [-0.15, -0.1) is 0 Å². The minimum atomic E-state index is -0.242. The first-order valence-electron chi connectivity index (χ1n) is 7.00. The van der Waals surface area contributed by atoms with E-state index in [0.29, 0.717) is 23.1 Å². The lowest BCUT2D eigenvalue weighted by Gasteiger charge is -2.09. The predicted molar refractivity (Wildman–Crippen MR) is 87.9 cm³/mol. The second kappa shape index (κ2) is 7.71. The Hall–Kier alpha value is -2.20. The number of hydrogen-bond acceptors (Lipinski definition) is 3. The molecule has 0 fully saturated rings. The van der Waals surface area contributed by atoms with Gasteiger partial charge in [-0.3, -0.25) is 4.79 Å². The van der Waals surface area contributed by atoms with Crippen molar-refractivity contribution < 1.29 is 14.3 Å². The van der Waals surface area contributed by atoms with E-state index in [0.717, 1.165) is 11.3 Å². The number of aryl methyl sites for hydroxylation is 1. The van der Waals surface area contributed by atoms with Crippen molar-refractivity contribution in [2.45, 2.75) is 13.8 Å². The number of amides is 1. The van der Waals surface area contributed by atoms with Gasteiger partial charge in [0.25, 0.3) is 5.91 Å². The second-order valence-corrected chi connectivity index (χ2v) is 5.11. The molecular formula is C17H18ClNO3. The summed E-state index contributed by atoms with van der Waals surface area (Å²) in [5, 5.41) is 3.35. The Morgan fingerprint density at radius 3 is 2.32 bits per heavy atom. The maximum absolute atomic E-state index is 11.8. The van der Waals surface area contributed by atoms with E-state index in [-0.39, 0.29) is 12.5 Å². The smallest absolute Gasteiger partial charge is 0.262 e. The largest absolute Gasteiger partial charge is 0.494 e. The molecule has 2 rings (SSSR count). The third-order valence-corrected chi connectivity index (χ3v) is 3.37. The highest BCUT2D eigenvalue weighted by molar-refractivity contribution is 6.31. The number of hydrogen-bond donors (Lipinski definition) is 1. The van der Waals surface area contributed by atoms with Crippen LogP contribution in [0.4, 0.5) is 5.69 Å². The average Bonchev–Trinajstić information content (AvgIpc) is 2.51. The number of halogens is 1. The zero-order chi connectivity index (χ0) is 15.9. The first-order chi connectivity index (χ1) is 10.6. The molecule has 0 spiro atoms. The summed E-state index contributed by atoms with van der Waals surface area (Å²) in [6.07, 6.45) is 0. The third-order valence-electron chi connectivity index (χ3n) is 2.96. The number of ether oxygens (including phenoxy) is 2. The zero-order valence-corrected chi connectivity index (χ0v) is 13.3. The molecule has 0 aliphatic rings. The number of benzene rings is 2. The van der Waals surface area contributed by atoms with Crippen LogP contribution in [-0.4, -0.2) is 19.1 Å². The van der Waals surface area contributed by atoms with E-state index in [4.69, 9.17) is 21.1 Å². The van der Waals surface area contributed by atoms with E-state index < -0.39 is 0 Å². The van der Waals surface area contributed by atoms with Crippen molar-refractivity contribution >= 4 is 23.2 Å². The van der Waals surface area contributed by atoms with E-state index in [1.807, 2.05) is 19.9 Å². The van der Waals surface area contributed by atoms with E-state index in [1.165, 1.54) is 0 Å². The quantitative estimate of drug-likeness (QED) is 0.873. The van der Waals surface area contributed by atoms with Gasteiger partial charge in [0.1, 0.15) is 11.5 Å². The van der Waals surface area contributed by atoms with Crippen LogP contribution in [0.3, 0.4) is 0 Å².